The van der Waals surface area contributed by atoms with Crippen LogP contribution in [0.1, 0.15) is 0 Å². The van der Waals surface area contributed by atoms with E-state index in [1.165, 1.54) is 0 Å². The van der Waals surface area contributed by atoms with Gasteiger partial charge in [-0.2, -0.15) is 0 Å². The first-order chi connectivity index (χ1) is 13.7. The van der Waals surface area contributed by atoms with Crippen molar-refractivity contribution < 1.29 is 14.6 Å². The van der Waals surface area contributed by atoms with E-state index in [9.17, 15) is 5.11 Å². The van der Waals surface area contributed by atoms with E-state index in [0.717, 1.165) is 54.3 Å². The number of aromatic amines is 1. The summed E-state index contributed by atoms with van der Waals surface area (Å²) in [7, 11) is 1.71. The van der Waals surface area contributed by atoms with Gasteiger partial charge in [0.25, 0.3) is 0 Å². The third-order valence-electron chi connectivity index (χ3n) is 5.25. The number of ether oxygens (including phenoxy) is 2. The molecule has 1 aromatic heterocycles. The van der Waals surface area contributed by atoms with Crippen LogP contribution in [0.15, 0.2) is 54.7 Å². The fraction of sp³-hybridized carbons (Fsp3) is 0.364. The number of methoxy groups -OCH3 is 1. The van der Waals surface area contributed by atoms with Gasteiger partial charge in [-0.1, -0.05) is 18.2 Å². The molecule has 0 spiro atoms. The summed E-state index contributed by atoms with van der Waals surface area (Å²) in [6, 6.07) is 16.0. The number of fused-ring (bicyclic) bond motifs is 1. The zero-order valence-electron chi connectivity index (χ0n) is 16.2. The highest BCUT2D eigenvalue weighted by Crippen LogP contribution is 2.28. The number of aromatic nitrogens is 1. The fourth-order valence-electron chi connectivity index (χ4n) is 3.78. The number of β-amino-alcohol motifs (C(OH)–C–C–N with tert-alkyl or cyclic N) is 1. The van der Waals surface area contributed by atoms with Crippen molar-refractivity contribution in [1.82, 2.24) is 9.88 Å². The summed E-state index contributed by atoms with van der Waals surface area (Å²) < 4.78 is 11.4. The average Bonchev–Trinajstić information content (AvgIpc) is 3.22. The van der Waals surface area contributed by atoms with Gasteiger partial charge in [0.05, 0.1) is 12.8 Å². The Hall–Kier alpha value is -2.70. The zero-order valence-corrected chi connectivity index (χ0v) is 16.2. The molecule has 2 heterocycles. The molecule has 0 radical (unpaired) electrons. The lowest BCUT2D eigenvalue weighted by Gasteiger charge is -2.37. The van der Waals surface area contributed by atoms with E-state index in [2.05, 4.69) is 20.9 Å². The largest absolute Gasteiger partial charge is 0.495 e. The maximum absolute atomic E-state index is 10.4. The molecule has 0 aliphatic carbocycles. The number of rotatable bonds is 7. The first-order valence-electron chi connectivity index (χ1n) is 9.72. The molecule has 1 saturated heterocycles. The van der Waals surface area contributed by atoms with Crippen molar-refractivity contribution in [3.63, 3.8) is 0 Å². The SMILES string of the molecule is COc1ccccc1N1CCN(CC(O)COc2cccc3[nH]ccc23)CC1. The Balaban J connectivity index is 1.27. The fourth-order valence-corrected chi connectivity index (χ4v) is 3.78. The summed E-state index contributed by atoms with van der Waals surface area (Å²) >= 11 is 0. The minimum Gasteiger partial charge on any atom is -0.495 e. The minimum atomic E-state index is -0.521. The summed E-state index contributed by atoms with van der Waals surface area (Å²) in [6.45, 7) is 4.54. The average molecular weight is 381 g/mol. The number of H-pyrrole nitrogens is 1. The Kier molecular flexibility index (Phi) is 5.69. The maximum Gasteiger partial charge on any atom is 0.142 e. The number of anilines is 1. The van der Waals surface area contributed by atoms with E-state index in [4.69, 9.17) is 9.47 Å². The van der Waals surface area contributed by atoms with E-state index in [1.807, 2.05) is 48.7 Å². The van der Waals surface area contributed by atoms with E-state index < -0.39 is 6.10 Å². The van der Waals surface area contributed by atoms with Crippen LogP contribution < -0.4 is 14.4 Å². The summed E-state index contributed by atoms with van der Waals surface area (Å²) in [5.41, 5.74) is 2.17. The number of nitrogens with one attached hydrogen (secondary N) is 1. The molecule has 1 aliphatic rings. The van der Waals surface area contributed by atoms with Gasteiger partial charge >= 0.3 is 0 Å². The van der Waals surface area contributed by atoms with Crippen LogP contribution in [-0.4, -0.2) is 67.5 Å². The molecule has 6 heteroatoms. The van der Waals surface area contributed by atoms with Crippen LogP contribution in [0.5, 0.6) is 11.5 Å². The molecule has 0 amide bonds. The van der Waals surface area contributed by atoms with Gasteiger partial charge in [0.1, 0.15) is 24.2 Å². The first kappa shape index (κ1) is 18.7. The van der Waals surface area contributed by atoms with Crippen LogP contribution >= 0.6 is 0 Å². The summed E-state index contributed by atoms with van der Waals surface area (Å²) in [6.07, 6.45) is 1.38. The number of piperazine rings is 1. The lowest BCUT2D eigenvalue weighted by molar-refractivity contribution is 0.0668. The number of benzene rings is 2. The zero-order chi connectivity index (χ0) is 19.3. The second-order valence-corrected chi connectivity index (χ2v) is 7.12. The molecule has 1 unspecified atom stereocenters. The third kappa shape index (κ3) is 4.08. The number of para-hydroxylation sites is 2. The molecule has 4 rings (SSSR count). The molecule has 148 valence electrons. The van der Waals surface area contributed by atoms with Crippen LogP contribution in [0.2, 0.25) is 0 Å². The van der Waals surface area contributed by atoms with Gasteiger partial charge < -0.3 is 24.5 Å². The maximum atomic E-state index is 10.4. The minimum absolute atomic E-state index is 0.289. The molecule has 1 fully saturated rings. The van der Waals surface area contributed by atoms with Crippen molar-refractivity contribution in [1.29, 1.82) is 0 Å². The van der Waals surface area contributed by atoms with E-state index in [1.54, 1.807) is 7.11 Å². The summed E-state index contributed by atoms with van der Waals surface area (Å²) in [5, 5.41) is 11.5. The van der Waals surface area contributed by atoms with Crippen LogP contribution in [0.4, 0.5) is 5.69 Å². The molecule has 28 heavy (non-hydrogen) atoms. The van der Waals surface area contributed by atoms with Gasteiger partial charge in [0.2, 0.25) is 0 Å². The highest BCUT2D eigenvalue weighted by atomic mass is 16.5. The number of aliphatic hydroxyl groups excluding tert-OH is 1. The van der Waals surface area contributed by atoms with Gasteiger partial charge in [-0.15, -0.1) is 0 Å². The Morgan fingerprint density at radius 1 is 1.00 bits per heavy atom. The molecule has 6 nitrogen and oxygen atoms in total. The van der Waals surface area contributed by atoms with Crippen molar-refractivity contribution in [3.05, 3.63) is 54.7 Å². The second-order valence-electron chi connectivity index (χ2n) is 7.12. The predicted octanol–water partition coefficient (Wildman–Crippen LogP) is 2.74. The lowest BCUT2D eigenvalue weighted by Crippen LogP contribution is -2.49. The van der Waals surface area contributed by atoms with Gasteiger partial charge in [-0.05, 0) is 30.3 Å². The van der Waals surface area contributed by atoms with Crippen LogP contribution in [0.25, 0.3) is 10.9 Å². The summed E-state index contributed by atoms with van der Waals surface area (Å²) in [5.74, 6) is 1.71. The van der Waals surface area contributed by atoms with Gasteiger partial charge in [0.15, 0.2) is 0 Å². The molecular formula is C22H27N3O3. The number of nitrogens with zero attached hydrogens (tertiary/aromatic N) is 2. The Morgan fingerprint density at radius 3 is 2.61 bits per heavy atom. The molecule has 0 saturated carbocycles. The van der Waals surface area contributed by atoms with E-state index >= 15 is 0 Å². The van der Waals surface area contributed by atoms with E-state index in [-0.39, 0.29) is 6.61 Å². The van der Waals surface area contributed by atoms with Crippen molar-refractivity contribution in [2.75, 3.05) is 51.3 Å². The lowest BCUT2D eigenvalue weighted by atomic mass is 10.2. The number of hydrogen-bond donors (Lipinski definition) is 2. The molecule has 2 aromatic carbocycles. The molecule has 1 atom stereocenters. The van der Waals surface area contributed by atoms with Crippen molar-refractivity contribution >= 4 is 16.6 Å². The third-order valence-corrected chi connectivity index (χ3v) is 5.25. The van der Waals surface area contributed by atoms with Gasteiger partial charge in [-0.25, -0.2) is 0 Å². The van der Waals surface area contributed by atoms with Crippen LogP contribution in [0, 0.1) is 0 Å². The Bertz CT molecular complexity index is 903. The van der Waals surface area contributed by atoms with Crippen molar-refractivity contribution in [2.24, 2.45) is 0 Å². The number of hydrogen-bond acceptors (Lipinski definition) is 5. The molecule has 0 bridgehead atoms. The highest BCUT2D eigenvalue weighted by Gasteiger charge is 2.21. The Labute approximate surface area is 165 Å². The topological polar surface area (TPSA) is 61.0 Å². The molecule has 2 N–H and O–H groups in total. The predicted molar refractivity (Wildman–Crippen MR) is 111 cm³/mol. The van der Waals surface area contributed by atoms with Crippen molar-refractivity contribution in [2.45, 2.75) is 6.10 Å². The van der Waals surface area contributed by atoms with E-state index in [0.29, 0.717) is 6.54 Å². The van der Waals surface area contributed by atoms with Crippen LogP contribution in [0.3, 0.4) is 0 Å². The highest BCUT2D eigenvalue weighted by molar-refractivity contribution is 5.85. The molecule has 3 aromatic rings. The molecule has 1 aliphatic heterocycles. The van der Waals surface area contributed by atoms with Gasteiger partial charge in [0, 0.05) is 49.8 Å². The van der Waals surface area contributed by atoms with Gasteiger partial charge in [-0.3, -0.25) is 4.90 Å². The summed E-state index contributed by atoms with van der Waals surface area (Å²) in [4.78, 5) is 7.80. The Morgan fingerprint density at radius 2 is 1.79 bits per heavy atom. The molecular weight excluding hydrogens is 354 g/mol. The number of aliphatic hydroxyl groups is 1. The van der Waals surface area contributed by atoms with Crippen molar-refractivity contribution in [3.8, 4) is 11.5 Å². The first-order valence-corrected chi connectivity index (χ1v) is 9.72. The van der Waals surface area contributed by atoms with Crippen LogP contribution in [-0.2, 0) is 0 Å². The normalized spacial score (nSPS) is 16.3. The monoisotopic (exact) mass is 381 g/mol. The quantitative estimate of drug-likeness (QED) is 0.659. The standard InChI is InChI=1S/C22H27N3O3/c1-27-22-7-3-2-6-20(22)25-13-11-24(12-14-25)15-17(26)16-28-21-8-4-5-19-18(21)9-10-23-19/h2-10,17,23,26H,11-16H2,1H3. The smallest absolute Gasteiger partial charge is 0.142 e. The second kappa shape index (κ2) is 8.54.